The Morgan fingerprint density at radius 3 is 2.39 bits per heavy atom. The molecule has 7 N–H and O–H groups in total. The summed E-state index contributed by atoms with van der Waals surface area (Å²) < 4.78 is 9.78. The van der Waals surface area contributed by atoms with Crippen LogP contribution in [-0.2, 0) is 16.1 Å². The van der Waals surface area contributed by atoms with E-state index >= 15 is 0 Å². The van der Waals surface area contributed by atoms with Crippen molar-refractivity contribution in [1.29, 1.82) is 5.41 Å². The predicted molar refractivity (Wildman–Crippen MR) is 124 cm³/mol. The standard InChI is InChI=1S/C21H25N5O6S/c1-12-9-13(11-24-33-26(2)16(19(29)30)10-18(27)28)3-8-17(12)32-20(31)14-4-6-15(7-5-14)25-21(22)23/h3-9,16,24H,10-11H2,1-2H3,(H,27,28)(H,29,30)(H4,22,23,25)/t16-/m0/s1. The summed E-state index contributed by atoms with van der Waals surface area (Å²) in [5, 5.41) is 27.9. The smallest absolute Gasteiger partial charge is 0.343 e. The number of guanidine groups is 1. The van der Waals surface area contributed by atoms with Crippen LogP contribution in [0.5, 0.6) is 5.75 Å². The van der Waals surface area contributed by atoms with Crippen LogP contribution in [0.15, 0.2) is 42.5 Å². The molecule has 0 fully saturated rings. The molecule has 1 atom stereocenters. The molecule has 2 aromatic rings. The Bertz CT molecular complexity index is 1030. The molecule has 0 amide bonds. The van der Waals surface area contributed by atoms with Gasteiger partial charge in [-0.2, -0.15) is 0 Å². The molecule has 0 saturated carbocycles. The van der Waals surface area contributed by atoms with Crippen LogP contribution in [-0.4, -0.2) is 51.5 Å². The fourth-order valence-corrected chi connectivity index (χ4v) is 3.48. The molecule has 0 aromatic heterocycles. The number of nitrogens with one attached hydrogen (secondary N) is 3. The minimum atomic E-state index is -1.22. The van der Waals surface area contributed by atoms with Crippen molar-refractivity contribution in [3.8, 4) is 5.75 Å². The zero-order chi connectivity index (χ0) is 24.5. The average molecular weight is 476 g/mol. The molecule has 2 aromatic carbocycles. The number of nitrogens with zero attached hydrogens (tertiary/aromatic N) is 1. The quantitative estimate of drug-likeness (QED) is 0.0921. The number of hydrogen-bond acceptors (Lipinski definition) is 8. The van der Waals surface area contributed by atoms with Crippen molar-refractivity contribution in [2.24, 2.45) is 5.73 Å². The average Bonchev–Trinajstić information content (AvgIpc) is 2.73. The molecule has 0 spiro atoms. The van der Waals surface area contributed by atoms with Gasteiger partial charge in [0.2, 0.25) is 0 Å². The third-order valence-corrected chi connectivity index (χ3v) is 5.23. The SMILES string of the molecule is Cc1cc(CNSN(C)[C@@H](CC(=O)O)C(=O)O)ccc1OC(=O)c1ccc(NC(=N)N)cc1. The summed E-state index contributed by atoms with van der Waals surface area (Å²) in [6, 6.07) is 10.4. The summed E-state index contributed by atoms with van der Waals surface area (Å²) >= 11 is 1.000. The van der Waals surface area contributed by atoms with Crippen molar-refractivity contribution in [2.45, 2.75) is 25.9 Å². The lowest BCUT2D eigenvalue weighted by atomic mass is 10.1. The maximum absolute atomic E-state index is 12.4. The molecule has 33 heavy (non-hydrogen) atoms. The molecule has 11 nitrogen and oxygen atoms in total. The number of benzene rings is 2. The number of carbonyl (C=O) groups is 3. The van der Waals surface area contributed by atoms with Crippen LogP contribution in [0, 0.1) is 12.3 Å². The summed E-state index contributed by atoms with van der Waals surface area (Å²) in [6.45, 7) is 2.16. The lowest BCUT2D eigenvalue weighted by Gasteiger charge is -2.22. The number of hydrogen-bond donors (Lipinski definition) is 6. The highest BCUT2D eigenvalue weighted by Gasteiger charge is 2.26. The second-order valence-corrected chi connectivity index (χ2v) is 8.06. The van der Waals surface area contributed by atoms with E-state index in [0.29, 0.717) is 23.5 Å². The fraction of sp³-hybridized carbons (Fsp3) is 0.238. The Labute approximate surface area is 194 Å². The first-order valence-corrected chi connectivity index (χ1v) is 10.4. The maximum Gasteiger partial charge on any atom is 0.343 e. The van der Waals surface area contributed by atoms with Crippen LogP contribution in [0.2, 0.25) is 0 Å². The number of rotatable bonds is 11. The molecule has 2 rings (SSSR count). The highest BCUT2D eigenvalue weighted by molar-refractivity contribution is 7.95. The molecule has 0 aliphatic heterocycles. The van der Waals surface area contributed by atoms with Crippen LogP contribution in [0.4, 0.5) is 5.69 Å². The number of nitrogens with two attached hydrogens (primary N) is 1. The first-order valence-electron chi connectivity index (χ1n) is 9.67. The number of aryl methyl sites for hydroxylation is 1. The van der Waals surface area contributed by atoms with E-state index < -0.39 is 30.4 Å². The Hall–Kier alpha value is -3.61. The number of ether oxygens (including phenoxy) is 1. The lowest BCUT2D eigenvalue weighted by Crippen LogP contribution is -2.37. The van der Waals surface area contributed by atoms with E-state index in [2.05, 4.69) is 10.0 Å². The molecule has 176 valence electrons. The van der Waals surface area contributed by atoms with Gasteiger partial charge in [0.05, 0.1) is 12.0 Å². The number of carboxylic acid groups (broad SMARTS) is 2. The fourth-order valence-electron chi connectivity index (χ4n) is 2.76. The summed E-state index contributed by atoms with van der Waals surface area (Å²) in [6.07, 6.45) is -0.518. The molecular weight excluding hydrogens is 450 g/mol. The Morgan fingerprint density at radius 1 is 1.18 bits per heavy atom. The Balaban J connectivity index is 1.92. The summed E-state index contributed by atoms with van der Waals surface area (Å²) in [7, 11) is 1.50. The van der Waals surface area contributed by atoms with Gasteiger partial charge in [-0.25, -0.2) is 13.8 Å². The third-order valence-electron chi connectivity index (χ3n) is 4.42. The van der Waals surface area contributed by atoms with E-state index in [1.807, 2.05) is 6.07 Å². The molecule has 0 aliphatic rings. The summed E-state index contributed by atoms with van der Waals surface area (Å²) in [4.78, 5) is 34.5. The van der Waals surface area contributed by atoms with Crippen LogP contribution < -0.4 is 20.5 Å². The largest absolute Gasteiger partial charge is 0.481 e. The van der Waals surface area contributed by atoms with Crippen LogP contribution >= 0.6 is 12.1 Å². The van der Waals surface area contributed by atoms with E-state index in [9.17, 15) is 19.5 Å². The van der Waals surface area contributed by atoms with Gasteiger partial charge in [0.15, 0.2) is 5.96 Å². The third kappa shape index (κ3) is 8.11. The number of esters is 1. The molecular formula is C21H25N5O6S. The van der Waals surface area contributed by atoms with Crippen molar-refractivity contribution < 1.29 is 29.3 Å². The molecule has 0 saturated heterocycles. The van der Waals surface area contributed by atoms with E-state index in [0.717, 1.165) is 23.3 Å². The zero-order valence-electron chi connectivity index (χ0n) is 18.0. The molecule has 0 radical (unpaired) electrons. The number of likely N-dealkylation sites (N-methyl/N-ethyl adjacent to an activating group) is 1. The van der Waals surface area contributed by atoms with E-state index in [-0.39, 0.29) is 5.96 Å². The van der Waals surface area contributed by atoms with Crippen molar-refractivity contribution >= 4 is 41.7 Å². The minimum Gasteiger partial charge on any atom is -0.481 e. The van der Waals surface area contributed by atoms with Gasteiger partial charge in [-0.1, -0.05) is 12.1 Å². The first-order chi connectivity index (χ1) is 15.6. The van der Waals surface area contributed by atoms with Crippen molar-refractivity contribution in [3.05, 3.63) is 59.2 Å². The zero-order valence-corrected chi connectivity index (χ0v) is 18.8. The van der Waals surface area contributed by atoms with Crippen molar-refractivity contribution in [1.82, 2.24) is 9.03 Å². The number of anilines is 1. The molecule has 0 aliphatic carbocycles. The van der Waals surface area contributed by atoms with Crippen molar-refractivity contribution in [2.75, 3.05) is 12.4 Å². The number of carbonyl (C=O) groups excluding carboxylic acids is 1. The van der Waals surface area contributed by atoms with Gasteiger partial charge in [-0.3, -0.25) is 15.0 Å². The van der Waals surface area contributed by atoms with Crippen molar-refractivity contribution in [3.63, 3.8) is 0 Å². The van der Waals surface area contributed by atoms with Crippen LogP contribution in [0.1, 0.15) is 27.9 Å². The van der Waals surface area contributed by atoms with Gasteiger partial charge in [-0.15, -0.1) is 0 Å². The van der Waals surface area contributed by atoms with Gasteiger partial charge in [0, 0.05) is 24.4 Å². The number of aliphatic carboxylic acids is 2. The van der Waals surface area contributed by atoms with Crippen LogP contribution in [0.3, 0.4) is 0 Å². The highest BCUT2D eigenvalue weighted by Crippen LogP contribution is 2.22. The summed E-state index contributed by atoms with van der Waals surface area (Å²) in [5.41, 5.74) is 7.77. The second-order valence-electron chi connectivity index (χ2n) is 7.02. The monoisotopic (exact) mass is 475 g/mol. The Kier molecular flexibility index (Phi) is 9.21. The topological polar surface area (TPSA) is 178 Å². The van der Waals surface area contributed by atoms with Gasteiger partial charge in [0.25, 0.3) is 0 Å². The number of carboxylic acids is 2. The van der Waals surface area contributed by atoms with Gasteiger partial charge in [-0.05, 0) is 55.4 Å². The second kappa shape index (κ2) is 11.9. The van der Waals surface area contributed by atoms with Gasteiger partial charge >= 0.3 is 17.9 Å². The van der Waals surface area contributed by atoms with Gasteiger partial charge < -0.3 is 26.0 Å². The predicted octanol–water partition coefficient (Wildman–Crippen LogP) is 2.03. The molecule has 12 heteroatoms. The molecule has 0 bridgehead atoms. The lowest BCUT2D eigenvalue weighted by molar-refractivity contribution is -0.147. The van der Waals surface area contributed by atoms with E-state index in [1.54, 1.807) is 43.3 Å². The molecule has 0 unspecified atom stereocenters. The highest BCUT2D eigenvalue weighted by atomic mass is 32.2. The van der Waals surface area contributed by atoms with Gasteiger partial charge in [0.1, 0.15) is 11.8 Å². The molecule has 0 heterocycles. The first kappa shape index (κ1) is 25.6. The maximum atomic E-state index is 12.4. The minimum absolute atomic E-state index is 0.206. The van der Waals surface area contributed by atoms with Crippen LogP contribution in [0.25, 0.3) is 0 Å². The summed E-state index contributed by atoms with van der Waals surface area (Å²) in [5.74, 6) is -2.76. The van der Waals surface area contributed by atoms with E-state index in [1.165, 1.54) is 11.4 Å². The van der Waals surface area contributed by atoms with E-state index in [4.69, 9.17) is 21.0 Å². The normalized spacial score (nSPS) is 11.6. The Morgan fingerprint density at radius 2 is 1.85 bits per heavy atom.